The molecule has 13 heteroatoms. The molecule has 6 aromatic carbocycles. The van der Waals surface area contributed by atoms with E-state index in [1.807, 2.05) is 59.2 Å². The highest BCUT2D eigenvalue weighted by Gasteiger charge is 2.21. The summed E-state index contributed by atoms with van der Waals surface area (Å²) in [5.74, 6) is 0.284. The quantitative estimate of drug-likeness (QED) is 0.140. The highest BCUT2D eigenvalue weighted by molar-refractivity contribution is 5.86. The Kier molecular flexibility index (Phi) is 9.37. The van der Waals surface area contributed by atoms with Crippen molar-refractivity contribution in [2.45, 2.75) is 0 Å². The maximum absolute atomic E-state index is 14.1. The van der Waals surface area contributed by atoms with Crippen LogP contribution in [-0.2, 0) is 0 Å². The molecule has 0 aliphatic rings. The molecule has 9 nitrogen and oxygen atoms in total. The van der Waals surface area contributed by atoms with Crippen LogP contribution in [0.5, 0.6) is 0 Å². The Morgan fingerprint density at radius 3 is 1.11 bits per heavy atom. The van der Waals surface area contributed by atoms with Crippen molar-refractivity contribution >= 4 is 11.0 Å². The first-order chi connectivity index (χ1) is 29.8. The molecule has 0 fully saturated rings. The van der Waals surface area contributed by atoms with Crippen molar-refractivity contribution in [3.05, 3.63) is 187 Å². The molecule has 0 aliphatic carbocycles. The minimum Gasteiger partial charge on any atom is -0.291 e. The Morgan fingerprint density at radius 1 is 0.344 bits per heavy atom. The van der Waals surface area contributed by atoms with Crippen molar-refractivity contribution < 1.29 is 17.6 Å². The van der Waals surface area contributed by atoms with Gasteiger partial charge in [-0.05, 0) is 140 Å². The summed E-state index contributed by atoms with van der Waals surface area (Å²) in [6.45, 7) is 0. The Balaban J connectivity index is 1.26. The van der Waals surface area contributed by atoms with E-state index in [4.69, 9.17) is 34.9 Å². The van der Waals surface area contributed by atoms with Crippen molar-refractivity contribution in [3.63, 3.8) is 0 Å². The molecule has 0 unspecified atom stereocenters. The number of pyridine rings is 1. The normalized spacial score (nSPS) is 11.3. The molecule has 0 spiro atoms. The molecule has 10 rings (SSSR count). The number of fused-ring (bicyclic) bond motifs is 1. The fourth-order valence-corrected chi connectivity index (χ4v) is 6.90. The van der Waals surface area contributed by atoms with Gasteiger partial charge in [-0.3, -0.25) is 9.55 Å². The van der Waals surface area contributed by atoms with Gasteiger partial charge in [0.2, 0.25) is 0 Å². The Bertz CT molecular complexity index is 2930. The van der Waals surface area contributed by atoms with Crippen LogP contribution in [0, 0.1) is 23.3 Å². The maximum atomic E-state index is 14.1. The SMILES string of the molecule is Fc1ccc(-c2nc(-c3ccc(F)cc3)nc(-c3cc(-c4nc(-c5ccc(F)cc5)nc(-c5ccc(F)cc5)n4)cc(-c4nc5ccccc5n4-c4cccnc4)c3)n2)cc1. The highest BCUT2D eigenvalue weighted by Crippen LogP contribution is 2.36. The minimum atomic E-state index is -0.428. The molecule has 0 atom stereocenters. The number of aromatic nitrogens is 9. The smallest absolute Gasteiger partial charge is 0.164 e. The summed E-state index contributed by atoms with van der Waals surface area (Å²) in [6, 6.07) is 40.2. The van der Waals surface area contributed by atoms with Crippen LogP contribution in [0.1, 0.15) is 0 Å². The van der Waals surface area contributed by atoms with Crippen molar-refractivity contribution in [3.8, 4) is 85.4 Å². The van der Waals surface area contributed by atoms with E-state index in [1.165, 1.54) is 48.5 Å². The number of rotatable bonds is 8. The first-order valence-corrected chi connectivity index (χ1v) is 18.9. The van der Waals surface area contributed by atoms with Gasteiger partial charge in [0.25, 0.3) is 0 Å². The highest BCUT2D eigenvalue weighted by atomic mass is 19.1. The van der Waals surface area contributed by atoms with Gasteiger partial charge in [0.1, 0.15) is 29.1 Å². The molecular formula is C48H27F4N9. The second-order valence-electron chi connectivity index (χ2n) is 13.9. The summed E-state index contributed by atoms with van der Waals surface area (Å²) >= 11 is 0. The summed E-state index contributed by atoms with van der Waals surface area (Å²) in [7, 11) is 0. The summed E-state index contributed by atoms with van der Waals surface area (Å²) < 4.78 is 58.5. The summed E-state index contributed by atoms with van der Waals surface area (Å²) in [5, 5.41) is 0. The Hall–Kier alpha value is -8.32. The van der Waals surface area contributed by atoms with Gasteiger partial charge in [0.15, 0.2) is 34.9 Å². The van der Waals surface area contributed by atoms with E-state index in [2.05, 4.69) is 4.98 Å². The van der Waals surface area contributed by atoms with Gasteiger partial charge in [-0.2, -0.15) is 0 Å². The molecule has 0 bridgehead atoms. The van der Waals surface area contributed by atoms with Crippen molar-refractivity contribution in [1.29, 1.82) is 0 Å². The zero-order chi connectivity index (χ0) is 41.5. The first kappa shape index (κ1) is 37.0. The van der Waals surface area contributed by atoms with E-state index in [0.717, 1.165) is 16.7 Å². The third kappa shape index (κ3) is 7.47. The third-order valence-corrected chi connectivity index (χ3v) is 9.85. The van der Waals surface area contributed by atoms with Gasteiger partial charge in [0.05, 0.1) is 22.9 Å². The van der Waals surface area contributed by atoms with Gasteiger partial charge >= 0.3 is 0 Å². The number of benzene rings is 6. The molecule has 0 radical (unpaired) electrons. The second kappa shape index (κ2) is 15.5. The lowest BCUT2D eigenvalue weighted by Crippen LogP contribution is -2.03. The standard InChI is InChI=1S/C48H27F4N9/c49-35-15-7-28(8-16-35)42-55-43(29-9-17-36(50)18-10-29)58-46(57-42)32-24-33(26-34(25-32)48-54-40-5-1-2-6-41(40)61(48)39-4-3-23-53-27-39)47-59-44(30-11-19-37(51)20-12-30)56-45(60-47)31-13-21-38(52)22-14-31/h1-27H. The Morgan fingerprint density at radius 2 is 0.721 bits per heavy atom. The molecule has 0 aliphatic heterocycles. The predicted molar refractivity (Wildman–Crippen MR) is 224 cm³/mol. The lowest BCUT2D eigenvalue weighted by atomic mass is 10.0. The maximum Gasteiger partial charge on any atom is 0.164 e. The van der Waals surface area contributed by atoms with Crippen LogP contribution in [0.15, 0.2) is 164 Å². The lowest BCUT2D eigenvalue weighted by Gasteiger charge is -2.14. The number of halogens is 4. The molecule has 10 aromatic rings. The largest absolute Gasteiger partial charge is 0.291 e. The van der Waals surface area contributed by atoms with Gasteiger partial charge in [-0.25, -0.2) is 52.4 Å². The lowest BCUT2D eigenvalue weighted by molar-refractivity contribution is 0.627. The van der Waals surface area contributed by atoms with Crippen molar-refractivity contribution in [2.75, 3.05) is 0 Å². The first-order valence-electron chi connectivity index (χ1n) is 18.9. The average molecular weight is 806 g/mol. The van der Waals surface area contributed by atoms with Crippen LogP contribution >= 0.6 is 0 Å². The molecule has 0 saturated carbocycles. The fourth-order valence-electron chi connectivity index (χ4n) is 6.90. The number of hydrogen-bond acceptors (Lipinski definition) is 8. The van der Waals surface area contributed by atoms with Crippen LogP contribution < -0.4 is 0 Å². The van der Waals surface area contributed by atoms with Gasteiger partial charge in [-0.15, -0.1) is 0 Å². The molecule has 61 heavy (non-hydrogen) atoms. The zero-order valence-electron chi connectivity index (χ0n) is 31.6. The number of hydrogen-bond donors (Lipinski definition) is 0. The molecule has 292 valence electrons. The average Bonchev–Trinajstić information content (AvgIpc) is 3.70. The van der Waals surface area contributed by atoms with Gasteiger partial charge in [0, 0.05) is 45.1 Å². The van der Waals surface area contributed by atoms with E-state index in [9.17, 15) is 17.6 Å². The van der Waals surface area contributed by atoms with Gasteiger partial charge < -0.3 is 0 Å². The monoisotopic (exact) mass is 805 g/mol. The number of nitrogens with zero attached hydrogens (tertiary/aromatic N) is 9. The second-order valence-corrected chi connectivity index (χ2v) is 13.9. The predicted octanol–water partition coefficient (Wildman–Crippen LogP) is 11.0. The summed E-state index contributed by atoms with van der Waals surface area (Å²) in [4.78, 5) is 38.6. The van der Waals surface area contributed by atoms with Crippen LogP contribution in [-0.4, -0.2) is 44.4 Å². The third-order valence-electron chi connectivity index (χ3n) is 9.85. The number of imidazole rings is 1. The van der Waals surface area contributed by atoms with Crippen molar-refractivity contribution in [2.24, 2.45) is 0 Å². The van der Waals surface area contributed by atoms with Crippen molar-refractivity contribution in [1.82, 2.24) is 44.4 Å². The zero-order valence-corrected chi connectivity index (χ0v) is 31.6. The van der Waals surface area contributed by atoms with E-state index < -0.39 is 23.3 Å². The molecule has 4 aromatic heterocycles. The summed E-state index contributed by atoms with van der Waals surface area (Å²) in [6.07, 6.45) is 3.44. The van der Waals surface area contributed by atoms with Crippen LogP contribution in [0.4, 0.5) is 17.6 Å². The van der Waals surface area contributed by atoms with E-state index in [0.29, 0.717) is 44.8 Å². The molecule has 0 amide bonds. The summed E-state index contributed by atoms with van der Waals surface area (Å²) in [5.41, 5.74) is 6.01. The van der Waals surface area contributed by atoms with Crippen LogP contribution in [0.3, 0.4) is 0 Å². The number of para-hydroxylation sites is 2. The van der Waals surface area contributed by atoms with Crippen LogP contribution in [0.25, 0.3) is 96.4 Å². The van der Waals surface area contributed by atoms with E-state index in [1.54, 1.807) is 60.9 Å². The topological polar surface area (TPSA) is 108 Å². The minimum absolute atomic E-state index is 0.229. The van der Waals surface area contributed by atoms with E-state index >= 15 is 0 Å². The van der Waals surface area contributed by atoms with Gasteiger partial charge in [-0.1, -0.05) is 12.1 Å². The Labute approximate surface area is 344 Å². The molecule has 0 N–H and O–H groups in total. The molecule has 4 heterocycles. The molecular weight excluding hydrogens is 779 g/mol. The molecule has 0 saturated heterocycles. The van der Waals surface area contributed by atoms with Crippen LogP contribution in [0.2, 0.25) is 0 Å². The fraction of sp³-hybridized carbons (Fsp3) is 0. The van der Waals surface area contributed by atoms with E-state index in [-0.39, 0.29) is 34.9 Å².